The first-order valence-electron chi connectivity index (χ1n) is 4.32. The molecule has 0 aromatic heterocycles. The molecule has 4 nitrogen and oxygen atoms in total. The molecule has 1 rings (SSSR count). The molecular formula is C11H11NO3. The van der Waals surface area contributed by atoms with Crippen molar-refractivity contribution >= 4 is 17.8 Å². The van der Waals surface area contributed by atoms with Crippen LogP contribution in [0.4, 0.5) is 0 Å². The summed E-state index contributed by atoms with van der Waals surface area (Å²) in [6.07, 6.45) is 2.67. The molecule has 0 atom stereocenters. The second-order valence-corrected chi connectivity index (χ2v) is 3.07. The Morgan fingerprint density at radius 3 is 2.60 bits per heavy atom. The minimum absolute atomic E-state index is 0.0706. The van der Waals surface area contributed by atoms with Crippen LogP contribution in [0.1, 0.15) is 22.8 Å². The monoisotopic (exact) mass is 205 g/mol. The van der Waals surface area contributed by atoms with E-state index in [9.17, 15) is 14.7 Å². The van der Waals surface area contributed by atoms with Gasteiger partial charge in [0.05, 0.1) is 5.56 Å². The zero-order valence-corrected chi connectivity index (χ0v) is 8.23. The predicted octanol–water partition coefficient (Wildman–Crippen LogP) is 1.09. The third-order valence-corrected chi connectivity index (χ3v) is 1.84. The van der Waals surface area contributed by atoms with Gasteiger partial charge in [-0.25, -0.2) is 0 Å². The highest BCUT2D eigenvalue weighted by atomic mass is 16.3. The van der Waals surface area contributed by atoms with Gasteiger partial charge in [-0.05, 0) is 30.7 Å². The van der Waals surface area contributed by atoms with Gasteiger partial charge in [-0.15, -0.1) is 0 Å². The highest BCUT2D eigenvalue weighted by Crippen LogP contribution is 2.19. The fourth-order valence-corrected chi connectivity index (χ4v) is 1.12. The molecule has 0 radical (unpaired) electrons. The lowest BCUT2D eigenvalue weighted by molar-refractivity contribution is -0.113. The van der Waals surface area contributed by atoms with Crippen LogP contribution in [-0.4, -0.2) is 16.8 Å². The molecule has 15 heavy (non-hydrogen) atoms. The number of rotatable bonds is 3. The van der Waals surface area contributed by atoms with Crippen molar-refractivity contribution in [2.45, 2.75) is 6.92 Å². The number of hydrogen-bond acceptors (Lipinski definition) is 3. The van der Waals surface area contributed by atoms with Crippen molar-refractivity contribution in [3.63, 3.8) is 0 Å². The summed E-state index contributed by atoms with van der Waals surface area (Å²) in [4.78, 5) is 21.6. The van der Waals surface area contributed by atoms with Gasteiger partial charge >= 0.3 is 0 Å². The van der Waals surface area contributed by atoms with E-state index in [1.807, 2.05) is 0 Å². The summed E-state index contributed by atoms with van der Waals surface area (Å²) in [5.74, 6) is -0.868. The fourth-order valence-electron chi connectivity index (χ4n) is 1.12. The first kappa shape index (κ1) is 11.0. The number of amides is 1. The average molecular weight is 205 g/mol. The zero-order valence-electron chi connectivity index (χ0n) is 8.23. The van der Waals surface area contributed by atoms with Gasteiger partial charge in [-0.2, -0.15) is 0 Å². The topological polar surface area (TPSA) is 80.4 Å². The number of hydrogen-bond donors (Lipinski definition) is 2. The molecule has 0 aliphatic carbocycles. The highest BCUT2D eigenvalue weighted by Gasteiger charge is 2.05. The minimum Gasteiger partial charge on any atom is -0.507 e. The maximum absolute atomic E-state index is 11.1. The molecule has 1 aromatic rings. The summed E-state index contributed by atoms with van der Waals surface area (Å²) >= 11 is 0. The van der Waals surface area contributed by atoms with Crippen molar-refractivity contribution < 1.29 is 14.7 Å². The number of nitrogens with two attached hydrogens (primary N) is 1. The van der Waals surface area contributed by atoms with Crippen LogP contribution in [0.5, 0.6) is 5.75 Å². The van der Waals surface area contributed by atoms with Crippen molar-refractivity contribution in [1.82, 2.24) is 0 Å². The quantitative estimate of drug-likeness (QED) is 0.572. The van der Waals surface area contributed by atoms with E-state index in [0.29, 0.717) is 5.56 Å². The number of carbonyl (C=O) groups excluding carboxylic acids is 2. The molecule has 0 spiro atoms. The number of carbonyl (C=O) groups is 2. The number of Topliss-reactive ketones (excluding diaryl/α,β-unsaturated/α-hetero) is 1. The zero-order chi connectivity index (χ0) is 11.4. The molecule has 0 heterocycles. The maximum Gasteiger partial charge on any atom is 0.241 e. The van der Waals surface area contributed by atoms with E-state index in [1.54, 1.807) is 6.07 Å². The summed E-state index contributed by atoms with van der Waals surface area (Å²) in [6.45, 7) is 1.36. The van der Waals surface area contributed by atoms with Crippen molar-refractivity contribution in [2.24, 2.45) is 5.73 Å². The van der Waals surface area contributed by atoms with Gasteiger partial charge in [0, 0.05) is 6.08 Å². The molecule has 3 N–H and O–H groups in total. The van der Waals surface area contributed by atoms with E-state index in [2.05, 4.69) is 0 Å². The molecular weight excluding hydrogens is 194 g/mol. The third-order valence-electron chi connectivity index (χ3n) is 1.84. The second-order valence-electron chi connectivity index (χ2n) is 3.07. The molecule has 0 saturated carbocycles. The van der Waals surface area contributed by atoms with E-state index in [-0.39, 0.29) is 17.1 Å². The van der Waals surface area contributed by atoms with E-state index in [4.69, 9.17) is 5.73 Å². The van der Waals surface area contributed by atoms with Crippen LogP contribution >= 0.6 is 0 Å². The molecule has 0 bridgehead atoms. The molecule has 1 amide bonds. The Balaban J connectivity index is 3.08. The van der Waals surface area contributed by atoms with Crippen molar-refractivity contribution in [3.05, 3.63) is 35.4 Å². The Labute approximate surface area is 87.0 Å². The highest BCUT2D eigenvalue weighted by molar-refractivity contribution is 5.97. The average Bonchev–Trinajstić information content (AvgIpc) is 2.16. The van der Waals surface area contributed by atoms with E-state index >= 15 is 0 Å². The number of benzene rings is 1. The summed E-state index contributed by atoms with van der Waals surface area (Å²) in [7, 11) is 0. The van der Waals surface area contributed by atoms with Gasteiger partial charge in [0.2, 0.25) is 5.91 Å². The molecule has 0 saturated heterocycles. The van der Waals surface area contributed by atoms with Crippen LogP contribution < -0.4 is 5.73 Å². The first-order chi connectivity index (χ1) is 7.00. The lowest BCUT2D eigenvalue weighted by atomic mass is 10.1. The fraction of sp³-hybridized carbons (Fsp3) is 0.0909. The van der Waals surface area contributed by atoms with Gasteiger partial charge in [0.1, 0.15) is 5.75 Å². The Bertz CT molecular complexity index is 435. The standard InChI is InChI=1S/C11H11NO3/c1-7(13)9-6-8(2-4-10(9)14)3-5-11(12)15/h2-6,14H,1H3,(H2,12,15). The minimum atomic E-state index is -0.563. The maximum atomic E-state index is 11.1. The smallest absolute Gasteiger partial charge is 0.241 e. The number of aromatic hydroxyl groups is 1. The van der Waals surface area contributed by atoms with Crippen LogP contribution in [0.2, 0.25) is 0 Å². The van der Waals surface area contributed by atoms with E-state index in [0.717, 1.165) is 0 Å². The molecule has 1 aromatic carbocycles. The molecule has 0 fully saturated rings. The third kappa shape index (κ3) is 2.95. The Hall–Kier alpha value is -2.10. The second kappa shape index (κ2) is 4.41. The van der Waals surface area contributed by atoms with Gasteiger partial charge in [0.15, 0.2) is 5.78 Å². The molecule has 0 aliphatic heterocycles. The van der Waals surface area contributed by atoms with Gasteiger partial charge in [-0.1, -0.05) is 6.07 Å². The molecule has 4 heteroatoms. The summed E-state index contributed by atoms with van der Waals surface area (Å²) < 4.78 is 0. The largest absolute Gasteiger partial charge is 0.507 e. The number of phenolic OH excluding ortho intramolecular Hbond substituents is 1. The predicted molar refractivity (Wildman–Crippen MR) is 56.3 cm³/mol. The Kier molecular flexibility index (Phi) is 3.23. The van der Waals surface area contributed by atoms with Crippen LogP contribution in [0, 0.1) is 0 Å². The Morgan fingerprint density at radius 2 is 2.07 bits per heavy atom. The first-order valence-corrected chi connectivity index (χ1v) is 4.32. The van der Waals surface area contributed by atoms with Gasteiger partial charge in [-0.3, -0.25) is 9.59 Å². The number of primary amides is 1. The lowest BCUT2D eigenvalue weighted by Gasteiger charge is -2.01. The van der Waals surface area contributed by atoms with Crippen molar-refractivity contribution in [2.75, 3.05) is 0 Å². The number of ketones is 1. The molecule has 0 aliphatic rings. The summed E-state index contributed by atoms with van der Waals surface area (Å²) in [5.41, 5.74) is 5.79. The normalized spacial score (nSPS) is 10.5. The van der Waals surface area contributed by atoms with Crippen LogP contribution in [0.25, 0.3) is 6.08 Å². The van der Waals surface area contributed by atoms with E-state index in [1.165, 1.54) is 31.2 Å². The molecule has 78 valence electrons. The van der Waals surface area contributed by atoms with Crippen LogP contribution in [-0.2, 0) is 4.79 Å². The van der Waals surface area contributed by atoms with Gasteiger partial charge in [0.25, 0.3) is 0 Å². The van der Waals surface area contributed by atoms with Crippen molar-refractivity contribution in [1.29, 1.82) is 0 Å². The summed E-state index contributed by atoms with van der Waals surface area (Å²) in [5, 5.41) is 9.35. The van der Waals surface area contributed by atoms with Crippen LogP contribution in [0.3, 0.4) is 0 Å². The van der Waals surface area contributed by atoms with Crippen LogP contribution in [0.15, 0.2) is 24.3 Å². The van der Waals surface area contributed by atoms with Gasteiger partial charge < -0.3 is 10.8 Å². The lowest BCUT2D eigenvalue weighted by Crippen LogP contribution is -2.05. The number of phenols is 1. The SMILES string of the molecule is CC(=O)c1cc(C=CC(N)=O)ccc1O. The van der Waals surface area contributed by atoms with Crippen molar-refractivity contribution in [3.8, 4) is 5.75 Å². The molecule has 0 unspecified atom stereocenters. The van der Waals surface area contributed by atoms with E-state index < -0.39 is 5.91 Å². The Morgan fingerprint density at radius 1 is 1.40 bits per heavy atom. The summed E-state index contributed by atoms with van der Waals surface area (Å²) in [6, 6.07) is 4.48.